The highest BCUT2D eigenvalue weighted by atomic mass is 16.3. The molecule has 0 saturated heterocycles. The Labute approximate surface area is 406 Å². The zero-order valence-corrected chi connectivity index (χ0v) is 38.9. The van der Waals surface area contributed by atoms with Crippen molar-refractivity contribution in [2.75, 3.05) is 4.90 Å². The number of aromatic nitrogens is 1. The molecule has 0 bridgehead atoms. The van der Waals surface area contributed by atoms with Gasteiger partial charge in [-0.15, -0.1) is 0 Å². The van der Waals surface area contributed by atoms with Crippen LogP contribution in [0.15, 0.2) is 247 Å². The average Bonchev–Trinajstić information content (AvgIpc) is 4.04. The lowest BCUT2D eigenvalue weighted by atomic mass is 9.81. The van der Waals surface area contributed by atoms with Crippen LogP contribution in [0, 0.1) is 0 Å². The number of hydrogen-bond donors (Lipinski definition) is 0. The van der Waals surface area contributed by atoms with E-state index in [9.17, 15) is 0 Å². The molecule has 0 aliphatic heterocycles. The summed E-state index contributed by atoms with van der Waals surface area (Å²) in [7, 11) is 0. The molecule has 2 aromatic heterocycles. The minimum atomic E-state index is -0.0816. The first-order chi connectivity index (χ1) is 34.5. The Morgan fingerprint density at radius 2 is 1.00 bits per heavy atom. The van der Waals surface area contributed by atoms with Crippen molar-refractivity contribution in [1.82, 2.24) is 4.57 Å². The molecule has 13 aromatic rings. The molecule has 70 heavy (non-hydrogen) atoms. The molecular formula is C67H46N2O. The molecule has 3 heteroatoms. The van der Waals surface area contributed by atoms with Crippen LogP contribution in [0.4, 0.5) is 17.1 Å². The molecule has 14 rings (SSSR count). The number of hydrogen-bond acceptors (Lipinski definition) is 2. The van der Waals surface area contributed by atoms with Crippen molar-refractivity contribution in [3.8, 4) is 50.2 Å². The normalized spacial score (nSPS) is 12.8. The first-order valence-electron chi connectivity index (χ1n) is 24.2. The van der Waals surface area contributed by atoms with Gasteiger partial charge in [0.25, 0.3) is 0 Å². The number of anilines is 3. The topological polar surface area (TPSA) is 21.3 Å². The van der Waals surface area contributed by atoms with Gasteiger partial charge in [-0.3, -0.25) is 0 Å². The second kappa shape index (κ2) is 15.6. The van der Waals surface area contributed by atoms with E-state index in [1.807, 2.05) is 0 Å². The third kappa shape index (κ3) is 6.21. The molecule has 0 unspecified atom stereocenters. The highest BCUT2D eigenvalue weighted by Crippen LogP contribution is 2.51. The SMILES string of the molecule is CC1(C)c2ccccc2-c2ccc(-c3ccc(N(c4cc(-c5cccc(-n6c7ccccc7c7ccccc76)c5)c5oc6ccccc6c5c4)c4ccccc4-c4ccc5ccccc5c4)cc3)cc21. The van der Waals surface area contributed by atoms with Crippen LogP contribution in [0.2, 0.25) is 0 Å². The standard InChI is InChI=1S/C67H46N2O/c1-67(2)60-25-10-5-21-53(60)54-37-34-46(40-61(54)67)44-32-35-49(36-33-44)68(62-26-11-6-20-52(62)48-31-30-43-16-3-4-17-45(43)38-48)51-41-58(66-59(42-51)57-24-9-14-29-65(57)70-66)47-18-15-19-50(39-47)69-63-27-12-7-22-55(63)56-23-8-13-28-64(56)69/h3-42H,1-2H3. The van der Waals surface area contributed by atoms with Gasteiger partial charge < -0.3 is 13.9 Å². The van der Waals surface area contributed by atoms with Gasteiger partial charge in [0.2, 0.25) is 0 Å². The third-order valence-corrected chi connectivity index (χ3v) is 15.0. The molecule has 2 heterocycles. The molecular weight excluding hydrogens is 849 g/mol. The van der Waals surface area contributed by atoms with Gasteiger partial charge in [-0.05, 0) is 128 Å². The van der Waals surface area contributed by atoms with Gasteiger partial charge >= 0.3 is 0 Å². The number of para-hydroxylation sites is 4. The summed E-state index contributed by atoms with van der Waals surface area (Å²) in [5.41, 5.74) is 20.5. The first-order valence-corrected chi connectivity index (χ1v) is 24.2. The summed E-state index contributed by atoms with van der Waals surface area (Å²) in [6.45, 7) is 4.70. The summed E-state index contributed by atoms with van der Waals surface area (Å²) in [6, 6.07) is 88.8. The second-order valence-electron chi connectivity index (χ2n) is 19.3. The predicted molar refractivity (Wildman–Crippen MR) is 294 cm³/mol. The van der Waals surface area contributed by atoms with Crippen LogP contribution < -0.4 is 4.90 Å². The van der Waals surface area contributed by atoms with E-state index in [0.29, 0.717) is 0 Å². The molecule has 0 N–H and O–H groups in total. The molecule has 0 saturated carbocycles. The van der Waals surface area contributed by atoms with Crippen LogP contribution in [-0.4, -0.2) is 4.57 Å². The minimum absolute atomic E-state index is 0.0816. The second-order valence-corrected chi connectivity index (χ2v) is 19.3. The van der Waals surface area contributed by atoms with Crippen molar-refractivity contribution in [3.63, 3.8) is 0 Å². The fourth-order valence-electron chi connectivity index (χ4n) is 11.6. The van der Waals surface area contributed by atoms with Crippen LogP contribution in [0.5, 0.6) is 0 Å². The number of fused-ring (bicyclic) bond motifs is 10. The summed E-state index contributed by atoms with van der Waals surface area (Å²) >= 11 is 0. The maximum atomic E-state index is 6.90. The molecule has 1 aliphatic rings. The first kappa shape index (κ1) is 40.2. The molecule has 330 valence electrons. The Bertz CT molecular complexity index is 4170. The van der Waals surface area contributed by atoms with Crippen molar-refractivity contribution in [2.45, 2.75) is 19.3 Å². The minimum Gasteiger partial charge on any atom is -0.455 e. The Morgan fingerprint density at radius 1 is 0.371 bits per heavy atom. The summed E-state index contributed by atoms with van der Waals surface area (Å²) in [4.78, 5) is 2.44. The van der Waals surface area contributed by atoms with E-state index in [1.165, 1.54) is 66.0 Å². The van der Waals surface area contributed by atoms with Crippen molar-refractivity contribution < 1.29 is 4.42 Å². The summed E-state index contributed by atoms with van der Waals surface area (Å²) in [5, 5.41) is 7.06. The molecule has 1 aliphatic carbocycles. The van der Waals surface area contributed by atoms with Gasteiger partial charge in [-0.2, -0.15) is 0 Å². The zero-order chi connectivity index (χ0) is 46.5. The molecule has 11 aromatic carbocycles. The van der Waals surface area contributed by atoms with Gasteiger partial charge in [0, 0.05) is 55.1 Å². The van der Waals surface area contributed by atoms with E-state index in [0.717, 1.165) is 66.9 Å². The van der Waals surface area contributed by atoms with E-state index < -0.39 is 0 Å². The number of rotatable bonds is 7. The number of furan rings is 1. The van der Waals surface area contributed by atoms with Crippen molar-refractivity contribution >= 4 is 71.6 Å². The van der Waals surface area contributed by atoms with Crippen molar-refractivity contribution in [3.05, 3.63) is 254 Å². The summed E-state index contributed by atoms with van der Waals surface area (Å²) in [5.74, 6) is 0. The molecule has 3 nitrogen and oxygen atoms in total. The van der Waals surface area contributed by atoms with Gasteiger partial charge in [0.15, 0.2) is 0 Å². The van der Waals surface area contributed by atoms with E-state index in [-0.39, 0.29) is 5.41 Å². The lowest BCUT2D eigenvalue weighted by molar-refractivity contribution is 0.660. The van der Waals surface area contributed by atoms with E-state index in [2.05, 4.69) is 266 Å². The van der Waals surface area contributed by atoms with Crippen LogP contribution >= 0.6 is 0 Å². The lowest BCUT2D eigenvalue weighted by Gasteiger charge is -2.29. The summed E-state index contributed by atoms with van der Waals surface area (Å²) in [6.07, 6.45) is 0. The molecule has 0 spiro atoms. The van der Waals surface area contributed by atoms with Gasteiger partial charge in [0.05, 0.1) is 16.7 Å². The van der Waals surface area contributed by atoms with Crippen LogP contribution in [0.1, 0.15) is 25.0 Å². The lowest BCUT2D eigenvalue weighted by Crippen LogP contribution is -2.14. The third-order valence-electron chi connectivity index (χ3n) is 15.0. The quantitative estimate of drug-likeness (QED) is 0.159. The maximum absolute atomic E-state index is 6.90. The molecule has 0 atom stereocenters. The summed E-state index contributed by atoms with van der Waals surface area (Å²) < 4.78 is 9.29. The van der Waals surface area contributed by atoms with Gasteiger partial charge in [0.1, 0.15) is 11.2 Å². The maximum Gasteiger partial charge on any atom is 0.143 e. The van der Waals surface area contributed by atoms with Gasteiger partial charge in [-0.1, -0.05) is 184 Å². The van der Waals surface area contributed by atoms with E-state index >= 15 is 0 Å². The smallest absolute Gasteiger partial charge is 0.143 e. The van der Waals surface area contributed by atoms with Crippen molar-refractivity contribution in [1.29, 1.82) is 0 Å². The fraction of sp³-hybridized carbons (Fsp3) is 0.0448. The molecule has 0 fully saturated rings. The Morgan fingerprint density at radius 3 is 1.81 bits per heavy atom. The van der Waals surface area contributed by atoms with Crippen LogP contribution in [0.25, 0.3) is 105 Å². The Kier molecular flexibility index (Phi) is 8.93. The largest absolute Gasteiger partial charge is 0.455 e. The van der Waals surface area contributed by atoms with Crippen molar-refractivity contribution in [2.24, 2.45) is 0 Å². The number of nitrogens with zero attached hydrogens (tertiary/aromatic N) is 2. The molecule has 0 radical (unpaired) electrons. The van der Waals surface area contributed by atoms with Gasteiger partial charge in [-0.25, -0.2) is 0 Å². The Balaban J connectivity index is 0.975. The predicted octanol–water partition coefficient (Wildman–Crippen LogP) is 18.6. The molecule has 0 amide bonds. The van der Waals surface area contributed by atoms with E-state index in [4.69, 9.17) is 4.42 Å². The average molecular weight is 895 g/mol. The van der Waals surface area contributed by atoms with Crippen LogP contribution in [0.3, 0.4) is 0 Å². The Hall–Kier alpha value is -8.92. The highest BCUT2D eigenvalue weighted by Gasteiger charge is 2.35. The van der Waals surface area contributed by atoms with Crippen LogP contribution in [-0.2, 0) is 5.41 Å². The monoisotopic (exact) mass is 894 g/mol. The highest BCUT2D eigenvalue weighted by molar-refractivity contribution is 6.13. The number of benzene rings is 11. The fourth-order valence-corrected chi connectivity index (χ4v) is 11.6. The van der Waals surface area contributed by atoms with E-state index in [1.54, 1.807) is 0 Å². The zero-order valence-electron chi connectivity index (χ0n) is 38.9.